The van der Waals surface area contributed by atoms with Crippen LogP contribution in [0.3, 0.4) is 0 Å². The number of fused-ring (bicyclic) bond motifs is 3. The highest BCUT2D eigenvalue weighted by molar-refractivity contribution is 6.09. The van der Waals surface area contributed by atoms with Gasteiger partial charge in [0.1, 0.15) is 0 Å². The molecule has 5 aromatic rings. The Morgan fingerprint density at radius 3 is 2.10 bits per heavy atom. The molecule has 0 saturated carbocycles. The monoisotopic (exact) mass is 804 g/mol. The van der Waals surface area contributed by atoms with E-state index in [1.54, 1.807) is 5.57 Å². The predicted molar refractivity (Wildman–Crippen MR) is 255 cm³/mol. The van der Waals surface area contributed by atoms with E-state index in [0.29, 0.717) is 29.4 Å². The van der Waals surface area contributed by atoms with Gasteiger partial charge in [0.2, 0.25) is 0 Å². The molecule has 62 heavy (non-hydrogen) atoms. The van der Waals surface area contributed by atoms with Crippen molar-refractivity contribution in [3.8, 4) is 22.8 Å². The topological polar surface area (TPSA) is 77.8 Å². The van der Waals surface area contributed by atoms with Crippen molar-refractivity contribution < 1.29 is 0 Å². The van der Waals surface area contributed by atoms with Gasteiger partial charge in [0.15, 0.2) is 17.5 Å². The fourth-order valence-corrected chi connectivity index (χ4v) is 10.1. The van der Waals surface area contributed by atoms with Crippen molar-refractivity contribution in [1.82, 2.24) is 20.3 Å². The summed E-state index contributed by atoms with van der Waals surface area (Å²) in [6.07, 6.45) is 32.5. The lowest BCUT2D eigenvalue weighted by molar-refractivity contribution is 0.516. The first kappa shape index (κ1) is 37.8. The average molecular weight is 805 g/mol. The molecule has 0 fully saturated rings. The molecule has 2 N–H and O–H groups in total. The molecule has 0 bridgehead atoms. The molecule has 4 aromatic carbocycles. The van der Waals surface area contributed by atoms with Crippen LogP contribution in [0.2, 0.25) is 0 Å². The van der Waals surface area contributed by atoms with E-state index in [-0.39, 0.29) is 0 Å². The van der Waals surface area contributed by atoms with E-state index >= 15 is 0 Å². The zero-order valence-electron chi connectivity index (χ0n) is 34.8. The fourth-order valence-electron chi connectivity index (χ4n) is 10.1. The van der Waals surface area contributed by atoms with Gasteiger partial charge < -0.3 is 15.6 Å². The van der Waals surface area contributed by atoms with Gasteiger partial charge in [0.25, 0.3) is 0 Å². The SMILES string of the molecule is N=C/C(C1=CC=CCC1)=C1\NC(c2ccccc2)=C(c2ccc(-c3nc(C4=CCCC=C4)nc(-c4ccc(N5C6=C(CCC=C6)C6C=CCCC65)cc4)n3)cc2)c2ccccc21. The Bertz CT molecular complexity index is 2880. The van der Waals surface area contributed by atoms with Gasteiger partial charge in [0.05, 0.1) is 11.4 Å². The van der Waals surface area contributed by atoms with Gasteiger partial charge in [0, 0.05) is 63.0 Å². The molecule has 2 unspecified atom stereocenters. The minimum Gasteiger partial charge on any atom is -0.353 e. The Labute approximate surface area is 364 Å². The molecule has 1 aromatic heterocycles. The molecule has 11 rings (SSSR count). The van der Waals surface area contributed by atoms with Crippen molar-refractivity contribution in [2.75, 3.05) is 4.90 Å². The van der Waals surface area contributed by atoms with Crippen LogP contribution in [0.1, 0.15) is 79.4 Å². The Kier molecular flexibility index (Phi) is 9.97. The highest BCUT2D eigenvalue weighted by Gasteiger charge is 2.40. The first-order valence-electron chi connectivity index (χ1n) is 22.2. The summed E-state index contributed by atoms with van der Waals surface area (Å²) in [5.41, 5.74) is 16.7. The number of anilines is 1. The Morgan fingerprint density at radius 1 is 0.645 bits per heavy atom. The van der Waals surface area contributed by atoms with Crippen LogP contribution in [0.5, 0.6) is 0 Å². The summed E-state index contributed by atoms with van der Waals surface area (Å²) < 4.78 is 0. The summed E-state index contributed by atoms with van der Waals surface area (Å²) in [6.45, 7) is 0. The molecule has 4 aliphatic carbocycles. The lowest BCUT2D eigenvalue weighted by atomic mass is 9.83. The van der Waals surface area contributed by atoms with E-state index < -0.39 is 0 Å². The molecule has 6 nitrogen and oxygen atoms in total. The average Bonchev–Trinajstić information content (AvgIpc) is 3.69. The first-order chi connectivity index (χ1) is 30.7. The molecule has 302 valence electrons. The van der Waals surface area contributed by atoms with Crippen molar-refractivity contribution >= 4 is 34.4 Å². The zero-order chi connectivity index (χ0) is 41.4. The molecule has 2 atom stereocenters. The number of hydrogen-bond donors (Lipinski definition) is 2. The van der Waals surface area contributed by atoms with Crippen LogP contribution in [-0.2, 0) is 0 Å². The normalized spacial score (nSPS) is 20.9. The standard InChI is InChI=1S/C56H48N6/c57-36-48(37-16-4-1-5-17-37)53-47-25-11-10-24-46(47)51(52(58-53)39-18-6-2-7-19-39)38-28-30-41(31-29-38)55-59-54(40-20-8-3-9-21-40)60-56(61-55)42-32-34-43(35-33-42)62-49-26-14-12-22-44(49)45-23-13-15-27-50(45)62/h1-2,4,6-8,10-12,15-16,18-22,24-25,27-36,44,49,57-58H,3,5,9,13-14,17,23,26H2/b53-48+,57-36?. The second-order valence-electron chi connectivity index (χ2n) is 16.8. The van der Waals surface area contributed by atoms with Crippen LogP contribution in [-0.4, -0.2) is 27.2 Å². The van der Waals surface area contributed by atoms with Crippen LogP contribution < -0.4 is 10.2 Å². The van der Waals surface area contributed by atoms with Crippen molar-refractivity contribution in [1.29, 1.82) is 5.41 Å². The van der Waals surface area contributed by atoms with Crippen LogP contribution in [0, 0.1) is 11.3 Å². The molecule has 6 heteroatoms. The van der Waals surface area contributed by atoms with Crippen molar-refractivity contribution in [3.05, 3.63) is 214 Å². The van der Waals surface area contributed by atoms with Gasteiger partial charge in [-0.3, -0.25) is 0 Å². The molecule has 0 radical (unpaired) electrons. The van der Waals surface area contributed by atoms with Crippen LogP contribution in [0.4, 0.5) is 5.69 Å². The van der Waals surface area contributed by atoms with E-state index in [4.69, 9.17) is 20.4 Å². The minimum atomic E-state index is 0.467. The number of allylic oxidation sites excluding steroid dienone is 12. The van der Waals surface area contributed by atoms with Gasteiger partial charge in [-0.05, 0) is 110 Å². The maximum Gasteiger partial charge on any atom is 0.164 e. The lowest BCUT2D eigenvalue weighted by Crippen LogP contribution is -2.34. The number of benzene rings is 4. The second-order valence-corrected chi connectivity index (χ2v) is 16.8. The number of rotatable bonds is 8. The van der Waals surface area contributed by atoms with Gasteiger partial charge in [-0.2, -0.15) is 0 Å². The van der Waals surface area contributed by atoms with Gasteiger partial charge in [-0.15, -0.1) is 0 Å². The Balaban J connectivity index is 0.982. The molecular weight excluding hydrogens is 757 g/mol. The summed E-state index contributed by atoms with van der Waals surface area (Å²) in [5.74, 6) is 2.51. The van der Waals surface area contributed by atoms with E-state index in [2.05, 4.69) is 174 Å². The van der Waals surface area contributed by atoms with Gasteiger partial charge >= 0.3 is 0 Å². The van der Waals surface area contributed by atoms with Crippen molar-refractivity contribution in [2.24, 2.45) is 5.92 Å². The molecular formula is C56H48N6. The van der Waals surface area contributed by atoms with E-state index in [1.807, 2.05) is 0 Å². The number of nitrogens with one attached hydrogen (secondary N) is 2. The zero-order valence-corrected chi connectivity index (χ0v) is 34.8. The van der Waals surface area contributed by atoms with E-state index in [1.165, 1.54) is 29.6 Å². The third kappa shape index (κ3) is 6.86. The first-order valence-corrected chi connectivity index (χ1v) is 22.2. The lowest BCUT2D eigenvalue weighted by Gasteiger charge is -2.33. The smallest absolute Gasteiger partial charge is 0.164 e. The van der Waals surface area contributed by atoms with Crippen molar-refractivity contribution in [3.63, 3.8) is 0 Å². The number of nitrogens with zero attached hydrogens (tertiary/aromatic N) is 4. The summed E-state index contributed by atoms with van der Waals surface area (Å²) >= 11 is 0. The van der Waals surface area contributed by atoms with Crippen LogP contribution >= 0.6 is 0 Å². The third-order valence-electron chi connectivity index (χ3n) is 13.1. The highest BCUT2D eigenvalue weighted by Crippen LogP contribution is 2.47. The van der Waals surface area contributed by atoms with Gasteiger partial charge in [-0.1, -0.05) is 134 Å². The number of hydrogen-bond acceptors (Lipinski definition) is 6. The molecule has 6 aliphatic rings. The third-order valence-corrected chi connectivity index (χ3v) is 13.1. The fraction of sp³-hybridized carbons (Fsp3) is 0.179. The Morgan fingerprint density at radius 2 is 1.35 bits per heavy atom. The summed E-state index contributed by atoms with van der Waals surface area (Å²) in [5, 5.41) is 12.5. The quantitative estimate of drug-likeness (QED) is 0.121. The summed E-state index contributed by atoms with van der Waals surface area (Å²) in [7, 11) is 0. The summed E-state index contributed by atoms with van der Waals surface area (Å²) in [4.78, 5) is 18.0. The Hall–Kier alpha value is -7.18. The van der Waals surface area contributed by atoms with E-state index in [0.717, 1.165) is 106 Å². The molecule has 0 spiro atoms. The molecule has 0 saturated heterocycles. The highest BCUT2D eigenvalue weighted by atomic mass is 15.2. The largest absolute Gasteiger partial charge is 0.353 e. The van der Waals surface area contributed by atoms with Gasteiger partial charge in [-0.25, -0.2) is 15.0 Å². The number of aromatic nitrogens is 3. The predicted octanol–water partition coefficient (Wildman–Crippen LogP) is 12.9. The minimum absolute atomic E-state index is 0.467. The van der Waals surface area contributed by atoms with Crippen LogP contribution in [0.15, 0.2) is 186 Å². The summed E-state index contributed by atoms with van der Waals surface area (Å²) in [6, 6.07) is 37.1. The van der Waals surface area contributed by atoms with Crippen LogP contribution in [0.25, 0.3) is 45.3 Å². The maximum absolute atomic E-state index is 8.58. The maximum atomic E-state index is 8.58. The second kappa shape index (κ2) is 16.4. The molecule has 3 heterocycles. The molecule has 2 aliphatic heterocycles. The van der Waals surface area contributed by atoms with E-state index in [9.17, 15) is 0 Å². The van der Waals surface area contributed by atoms with Crippen molar-refractivity contribution in [2.45, 2.75) is 57.4 Å². The molecule has 0 amide bonds.